The highest BCUT2D eigenvalue weighted by atomic mass is 32.2. The number of amides is 1. The van der Waals surface area contributed by atoms with Crippen molar-refractivity contribution in [3.05, 3.63) is 52.5 Å². The molecule has 1 N–H and O–H groups in total. The van der Waals surface area contributed by atoms with Crippen LogP contribution >= 0.6 is 23.1 Å². The van der Waals surface area contributed by atoms with Gasteiger partial charge in [0.1, 0.15) is 11.9 Å². The summed E-state index contributed by atoms with van der Waals surface area (Å²) in [5.74, 6) is 0.655. The van der Waals surface area contributed by atoms with Gasteiger partial charge in [-0.1, -0.05) is 42.1 Å². The second-order valence-corrected chi connectivity index (χ2v) is 9.57. The van der Waals surface area contributed by atoms with Crippen molar-refractivity contribution in [3.8, 4) is 17.3 Å². The van der Waals surface area contributed by atoms with Gasteiger partial charge >= 0.3 is 0 Å². The zero-order chi connectivity index (χ0) is 21.8. The fourth-order valence-corrected chi connectivity index (χ4v) is 5.35. The van der Waals surface area contributed by atoms with Crippen molar-refractivity contribution in [3.63, 3.8) is 0 Å². The van der Waals surface area contributed by atoms with E-state index in [9.17, 15) is 10.1 Å². The Balaban J connectivity index is 1.44. The smallest absolute Gasteiger partial charge is 0.235 e. The van der Waals surface area contributed by atoms with Crippen LogP contribution in [0.1, 0.15) is 29.7 Å². The Bertz CT molecular complexity index is 1110. The average Bonchev–Trinajstić information content (AvgIpc) is 3.51. The molecule has 3 aromatic rings. The van der Waals surface area contributed by atoms with Crippen LogP contribution in [0.15, 0.2) is 40.1 Å². The van der Waals surface area contributed by atoms with E-state index >= 15 is 0 Å². The van der Waals surface area contributed by atoms with E-state index in [-0.39, 0.29) is 17.8 Å². The molecule has 1 unspecified atom stereocenters. The summed E-state index contributed by atoms with van der Waals surface area (Å²) in [4.78, 5) is 17.4. The Kier molecular flexibility index (Phi) is 6.76. The largest absolute Gasteiger partial charge is 0.376 e. The minimum Gasteiger partial charge on any atom is -0.376 e. The highest BCUT2D eigenvalue weighted by Gasteiger charge is 2.24. The first kappa shape index (κ1) is 21.6. The quantitative estimate of drug-likeness (QED) is 0.510. The van der Waals surface area contributed by atoms with Gasteiger partial charge in [-0.05, 0) is 32.3 Å². The van der Waals surface area contributed by atoms with Crippen molar-refractivity contribution in [2.45, 2.75) is 43.7 Å². The highest BCUT2D eigenvalue weighted by Crippen LogP contribution is 2.30. The number of carbonyl (C=O) groups is 1. The summed E-state index contributed by atoms with van der Waals surface area (Å²) in [6.07, 6.45) is 2.16. The van der Waals surface area contributed by atoms with E-state index in [0.29, 0.717) is 17.9 Å². The minimum atomic E-state index is -0.149. The molecular weight excluding hydrogens is 428 g/mol. The van der Waals surface area contributed by atoms with Gasteiger partial charge in [-0.3, -0.25) is 4.79 Å². The third-order valence-electron chi connectivity index (χ3n) is 5.49. The summed E-state index contributed by atoms with van der Waals surface area (Å²) >= 11 is 2.93. The molecule has 4 rings (SSSR count). The van der Waals surface area contributed by atoms with E-state index in [1.54, 1.807) is 0 Å². The standard InChI is InChI=1S/C23H24N4O2S2/c1-15-16(2)27(12-18-9-6-10-29-18)22(19(15)11-24)26-21(28)14-31-23-25-20(13-30-23)17-7-4-3-5-8-17/h3-5,7-8,13,18H,6,9-10,12,14H2,1-2H3,(H,26,28). The lowest BCUT2D eigenvalue weighted by Crippen LogP contribution is -2.22. The first-order valence-electron chi connectivity index (χ1n) is 10.2. The number of thiazole rings is 1. The Morgan fingerprint density at radius 3 is 2.90 bits per heavy atom. The molecule has 0 radical (unpaired) electrons. The second-order valence-electron chi connectivity index (χ2n) is 7.49. The van der Waals surface area contributed by atoms with Crippen molar-refractivity contribution in [2.24, 2.45) is 0 Å². The maximum Gasteiger partial charge on any atom is 0.235 e. The lowest BCUT2D eigenvalue weighted by Gasteiger charge is -2.16. The molecule has 1 aliphatic rings. The van der Waals surface area contributed by atoms with Gasteiger partial charge in [-0.15, -0.1) is 11.3 Å². The molecule has 1 amide bonds. The first-order chi connectivity index (χ1) is 15.1. The third-order valence-corrected chi connectivity index (χ3v) is 7.51. The van der Waals surface area contributed by atoms with E-state index in [4.69, 9.17) is 4.74 Å². The van der Waals surface area contributed by atoms with Gasteiger partial charge in [0.25, 0.3) is 0 Å². The minimum absolute atomic E-state index is 0.119. The number of rotatable bonds is 7. The van der Waals surface area contributed by atoms with Crippen molar-refractivity contribution in [1.29, 1.82) is 5.26 Å². The van der Waals surface area contributed by atoms with E-state index in [1.807, 2.05) is 54.1 Å². The number of hydrogen-bond donors (Lipinski definition) is 1. The molecule has 160 valence electrons. The van der Waals surface area contributed by atoms with Crippen LogP contribution in [-0.4, -0.2) is 33.9 Å². The molecule has 3 heterocycles. The van der Waals surface area contributed by atoms with Gasteiger partial charge < -0.3 is 14.6 Å². The van der Waals surface area contributed by atoms with E-state index in [0.717, 1.165) is 46.3 Å². The molecule has 0 bridgehead atoms. The van der Waals surface area contributed by atoms with Crippen LogP contribution in [-0.2, 0) is 16.1 Å². The van der Waals surface area contributed by atoms with Crippen molar-refractivity contribution < 1.29 is 9.53 Å². The number of benzene rings is 1. The fourth-order valence-electron chi connectivity index (χ4n) is 3.71. The summed E-state index contributed by atoms with van der Waals surface area (Å²) in [5.41, 5.74) is 4.39. The lowest BCUT2D eigenvalue weighted by atomic mass is 10.2. The number of aromatic nitrogens is 2. The topological polar surface area (TPSA) is 79.9 Å². The molecular formula is C23H24N4O2S2. The maximum atomic E-state index is 12.7. The van der Waals surface area contributed by atoms with E-state index in [1.165, 1.54) is 23.1 Å². The maximum absolute atomic E-state index is 12.7. The molecule has 0 spiro atoms. The molecule has 6 nitrogen and oxygen atoms in total. The molecule has 1 fully saturated rings. The number of thioether (sulfide) groups is 1. The molecule has 2 aromatic heterocycles. The number of carbonyl (C=O) groups excluding carboxylic acids is 1. The number of nitriles is 1. The van der Waals surface area contributed by atoms with Crippen LogP contribution in [0.3, 0.4) is 0 Å². The van der Waals surface area contributed by atoms with Gasteiger partial charge in [0.15, 0.2) is 4.34 Å². The summed E-state index contributed by atoms with van der Waals surface area (Å²) < 4.78 is 8.63. The average molecular weight is 453 g/mol. The molecule has 1 aromatic carbocycles. The Morgan fingerprint density at radius 2 is 2.19 bits per heavy atom. The van der Waals surface area contributed by atoms with Crippen LogP contribution < -0.4 is 5.32 Å². The van der Waals surface area contributed by atoms with Crippen LogP contribution in [0.4, 0.5) is 5.82 Å². The van der Waals surface area contributed by atoms with Crippen LogP contribution in [0.2, 0.25) is 0 Å². The van der Waals surface area contributed by atoms with Crippen LogP contribution in [0.5, 0.6) is 0 Å². The van der Waals surface area contributed by atoms with Gasteiger partial charge in [0, 0.05) is 23.2 Å². The van der Waals surface area contributed by atoms with Crippen molar-refractivity contribution in [2.75, 3.05) is 17.7 Å². The lowest BCUT2D eigenvalue weighted by molar-refractivity contribution is -0.113. The van der Waals surface area contributed by atoms with Gasteiger partial charge in [0.2, 0.25) is 5.91 Å². The molecule has 8 heteroatoms. The first-order valence-corrected chi connectivity index (χ1v) is 12.1. The normalized spacial score (nSPS) is 15.7. The highest BCUT2D eigenvalue weighted by molar-refractivity contribution is 8.01. The molecule has 0 saturated carbocycles. The number of hydrogen-bond acceptors (Lipinski definition) is 6. The summed E-state index contributed by atoms with van der Waals surface area (Å²) in [6, 6.07) is 12.2. The molecule has 1 aliphatic heterocycles. The summed E-state index contributed by atoms with van der Waals surface area (Å²) in [6.45, 7) is 5.32. The second kappa shape index (κ2) is 9.69. The zero-order valence-corrected chi connectivity index (χ0v) is 19.2. The Hall–Kier alpha value is -2.60. The number of ether oxygens (including phenoxy) is 1. The predicted molar refractivity (Wildman–Crippen MR) is 124 cm³/mol. The molecule has 1 atom stereocenters. The van der Waals surface area contributed by atoms with Crippen molar-refractivity contribution in [1.82, 2.24) is 9.55 Å². The predicted octanol–water partition coefficient (Wildman–Crippen LogP) is 5.01. The number of nitrogens with zero attached hydrogens (tertiary/aromatic N) is 3. The van der Waals surface area contributed by atoms with Gasteiger partial charge in [0.05, 0.1) is 29.7 Å². The van der Waals surface area contributed by atoms with Gasteiger partial charge in [-0.25, -0.2) is 4.98 Å². The SMILES string of the molecule is Cc1c(C#N)c(NC(=O)CSc2nc(-c3ccccc3)cs2)n(CC2CCCO2)c1C. The number of nitrogens with one attached hydrogen (secondary N) is 1. The number of anilines is 1. The Morgan fingerprint density at radius 1 is 1.39 bits per heavy atom. The summed E-state index contributed by atoms with van der Waals surface area (Å²) in [7, 11) is 0. The third kappa shape index (κ3) is 4.85. The van der Waals surface area contributed by atoms with Crippen LogP contribution in [0.25, 0.3) is 11.3 Å². The van der Waals surface area contributed by atoms with Crippen molar-refractivity contribution >= 4 is 34.8 Å². The summed E-state index contributed by atoms with van der Waals surface area (Å²) in [5, 5.41) is 14.6. The zero-order valence-electron chi connectivity index (χ0n) is 17.6. The molecule has 0 aliphatic carbocycles. The Labute approximate surface area is 190 Å². The van der Waals surface area contributed by atoms with E-state index in [2.05, 4.69) is 16.4 Å². The monoisotopic (exact) mass is 452 g/mol. The molecule has 1 saturated heterocycles. The van der Waals surface area contributed by atoms with Crippen LogP contribution in [0, 0.1) is 25.2 Å². The van der Waals surface area contributed by atoms with Gasteiger partial charge in [-0.2, -0.15) is 5.26 Å². The van der Waals surface area contributed by atoms with E-state index < -0.39 is 0 Å². The molecule has 31 heavy (non-hydrogen) atoms. The fraction of sp³-hybridized carbons (Fsp3) is 0.348.